The molecule has 2 aromatic carbocycles. The largest absolute Gasteiger partial charge is 0.497 e. The smallest absolute Gasteiger partial charge is 0.264 e. The van der Waals surface area contributed by atoms with Crippen molar-refractivity contribution in [2.75, 3.05) is 25.2 Å². The number of benzene rings is 2. The summed E-state index contributed by atoms with van der Waals surface area (Å²) < 4.78 is 10.7. The summed E-state index contributed by atoms with van der Waals surface area (Å²) in [4.78, 5) is 14.2. The molecule has 0 saturated carbocycles. The predicted molar refractivity (Wildman–Crippen MR) is 97.0 cm³/mol. The topological polar surface area (TPSA) is 62.6 Å². The summed E-state index contributed by atoms with van der Waals surface area (Å²) in [6.07, 6.45) is 0.262. The van der Waals surface area contributed by atoms with Gasteiger partial charge in [-0.05, 0) is 49.2 Å². The minimum Gasteiger partial charge on any atom is -0.497 e. The highest BCUT2D eigenvalue weighted by Crippen LogP contribution is 2.21. The summed E-state index contributed by atoms with van der Waals surface area (Å²) in [6, 6.07) is 15.0. The molecule has 25 heavy (non-hydrogen) atoms. The van der Waals surface area contributed by atoms with E-state index >= 15 is 0 Å². The monoisotopic (exact) mass is 338 g/mol. The highest BCUT2D eigenvalue weighted by molar-refractivity contribution is 5.94. The van der Waals surface area contributed by atoms with Gasteiger partial charge >= 0.3 is 0 Å². The molecule has 0 aliphatic rings. The van der Waals surface area contributed by atoms with Gasteiger partial charge in [-0.15, -0.1) is 0 Å². The van der Waals surface area contributed by atoms with Gasteiger partial charge in [-0.25, -0.2) is 0 Å². The Morgan fingerprint density at radius 3 is 2.56 bits per heavy atom. The van der Waals surface area contributed by atoms with Crippen molar-refractivity contribution in [3.05, 3.63) is 53.6 Å². The van der Waals surface area contributed by atoms with Crippen LogP contribution in [0.1, 0.15) is 17.5 Å². The molecule has 0 aromatic heterocycles. The molecular formula is C20H22N2O3. The van der Waals surface area contributed by atoms with Crippen LogP contribution in [0.5, 0.6) is 11.5 Å². The molecule has 0 unspecified atom stereocenters. The SMILES string of the molecule is COc1cccc(OCC(=O)N(CCC#N)c2ccc(C)c(C)c2)c1. The lowest BCUT2D eigenvalue weighted by Gasteiger charge is -2.23. The molecule has 5 nitrogen and oxygen atoms in total. The predicted octanol–water partition coefficient (Wildman–Crippen LogP) is 3.64. The molecule has 0 aliphatic carbocycles. The third-order valence-electron chi connectivity index (χ3n) is 3.95. The van der Waals surface area contributed by atoms with Gasteiger partial charge in [0.25, 0.3) is 5.91 Å². The Hall–Kier alpha value is -3.00. The Balaban J connectivity index is 2.12. The van der Waals surface area contributed by atoms with Crippen LogP contribution in [0.2, 0.25) is 0 Å². The number of aryl methyl sites for hydroxylation is 2. The van der Waals surface area contributed by atoms with E-state index in [1.165, 1.54) is 0 Å². The third-order valence-corrected chi connectivity index (χ3v) is 3.95. The number of hydrogen-bond donors (Lipinski definition) is 0. The fourth-order valence-electron chi connectivity index (χ4n) is 2.37. The Kier molecular flexibility index (Phi) is 6.41. The highest BCUT2D eigenvalue weighted by Gasteiger charge is 2.17. The van der Waals surface area contributed by atoms with Crippen molar-refractivity contribution in [2.24, 2.45) is 0 Å². The van der Waals surface area contributed by atoms with E-state index in [0.29, 0.717) is 18.0 Å². The molecule has 2 aromatic rings. The fraction of sp³-hybridized carbons (Fsp3) is 0.300. The molecule has 5 heteroatoms. The van der Waals surface area contributed by atoms with E-state index < -0.39 is 0 Å². The van der Waals surface area contributed by atoms with E-state index in [1.54, 1.807) is 30.2 Å². The maximum Gasteiger partial charge on any atom is 0.264 e. The summed E-state index contributed by atoms with van der Waals surface area (Å²) in [5.41, 5.74) is 3.03. The number of nitriles is 1. The lowest BCUT2D eigenvalue weighted by molar-refractivity contribution is -0.120. The van der Waals surface area contributed by atoms with Gasteiger partial charge in [0, 0.05) is 18.3 Å². The number of carbonyl (C=O) groups is 1. The first-order valence-corrected chi connectivity index (χ1v) is 8.06. The number of carbonyl (C=O) groups excluding carboxylic acids is 1. The third kappa shape index (κ3) is 4.98. The fourth-order valence-corrected chi connectivity index (χ4v) is 2.37. The second-order valence-corrected chi connectivity index (χ2v) is 5.69. The van der Waals surface area contributed by atoms with Crippen molar-refractivity contribution >= 4 is 11.6 Å². The standard InChI is InChI=1S/C20H22N2O3/c1-15-8-9-17(12-16(15)2)22(11-5-10-21)20(23)14-25-19-7-4-6-18(13-19)24-3/h4,6-9,12-13H,5,11,14H2,1-3H3. The molecule has 0 fully saturated rings. The first-order valence-electron chi connectivity index (χ1n) is 8.06. The average molecular weight is 338 g/mol. The molecule has 0 radical (unpaired) electrons. The van der Waals surface area contributed by atoms with Crippen molar-refractivity contribution in [3.8, 4) is 17.6 Å². The Bertz CT molecular complexity index is 781. The lowest BCUT2D eigenvalue weighted by Crippen LogP contribution is -2.35. The zero-order valence-corrected chi connectivity index (χ0v) is 14.8. The van der Waals surface area contributed by atoms with Crippen molar-refractivity contribution < 1.29 is 14.3 Å². The molecule has 0 heterocycles. The Morgan fingerprint density at radius 2 is 1.88 bits per heavy atom. The van der Waals surface area contributed by atoms with E-state index in [-0.39, 0.29) is 18.9 Å². The molecule has 0 bridgehead atoms. The first-order chi connectivity index (χ1) is 12.0. The summed E-state index contributed by atoms with van der Waals surface area (Å²) in [5, 5.41) is 8.88. The zero-order valence-electron chi connectivity index (χ0n) is 14.8. The van der Waals surface area contributed by atoms with Gasteiger partial charge in [0.05, 0.1) is 19.6 Å². The molecule has 130 valence electrons. The number of anilines is 1. The van der Waals surface area contributed by atoms with E-state index in [2.05, 4.69) is 6.07 Å². The van der Waals surface area contributed by atoms with Crippen molar-refractivity contribution in [2.45, 2.75) is 20.3 Å². The van der Waals surface area contributed by atoms with Crippen LogP contribution in [0, 0.1) is 25.2 Å². The van der Waals surface area contributed by atoms with Gasteiger partial charge in [0.2, 0.25) is 0 Å². The van der Waals surface area contributed by atoms with Crippen LogP contribution in [-0.4, -0.2) is 26.2 Å². The van der Waals surface area contributed by atoms with E-state index in [1.807, 2.05) is 38.1 Å². The van der Waals surface area contributed by atoms with Gasteiger partial charge in [0.15, 0.2) is 6.61 Å². The molecular weight excluding hydrogens is 316 g/mol. The van der Waals surface area contributed by atoms with Crippen molar-refractivity contribution in [3.63, 3.8) is 0 Å². The molecule has 0 saturated heterocycles. The van der Waals surface area contributed by atoms with E-state index in [0.717, 1.165) is 16.8 Å². The van der Waals surface area contributed by atoms with Crippen LogP contribution in [0.15, 0.2) is 42.5 Å². The maximum atomic E-state index is 12.6. The molecule has 2 rings (SSSR count). The number of ether oxygens (including phenoxy) is 2. The quantitative estimate of drug-likeness (QED) is 0.773. The summed E-state index contributed by atoms with van der Waals surface area (Å²) in [7, 11) is 1.58. The molecule has 0 N–H and O–H groups in total. The van der Waals surface area contributed by atoms with Gasteiger partial charge < -0.3 is 14.4 Å². The molecule has 0 aliphatic heterocycles. The Morgan fingerprint density at radius 1 is 1.12 bits per heavy atom. The van der Waals surface area contributed by atoms with Crippen LogP contribution in [-0.2, 0) is 4.79 Å². The van der Waals surface area contributed by atoms with Crippen molar-refractivity contribution in [1.29, 1.82) is 5.26 Å². The lowest BCUT2D eigenvalue weighted by atomic mass is 10.1. The van der Waals surface area contributed by atoms with Gasteiger partial charge in [-0.3, -0.25) is 4.79 Å². The summed E-state index contributed by atoms with van der Waals surface area (Å²) >= 11 is 0. The van der Waals surface area contributed by atoms with Gasteiger partial charge in [0.1, 0.15) is 11.5 Å². The van der Waals surface area contributed by atoms with Crippen LogP contribution >= 0.6 is 0 Å². The number of rotatable bonds is 7. The summed E-state index contributed by atoms with van der Waals surface area (Å²) in [6.45, 7) is 4.25. The van der Waals surface area contributed by atoms with Crippen LogP contribution < -0.4 is 14.4 Å². The molecule has 0 atom stereocenters. The van der Waals surface area contributed by atoms with Crippen LogP contribution in [0.4, 0.5) is 5.69 Å². The van der Waals surface area contributed by atoms with E-state index in [4.69, 9.17) is 14.7 Å². The minimum atomic E-state index is -0.193. The first kappa shape index (κ1) is 18.3. The van der Waals surface area contributed by atoms with Crippen molar-refractivity contribution in [1.82, 2.24) is 0 Å². The molecule has 1 amide bonds. The van der Waals surface area contributed by atoms with Gasteiger partial charge in [-0.2, -0.15) is 5.26 Å². The van der Waals surface area contributed by atoms with Crippen LogP contribution in [0.25, 0.3) is 0 Å². The normalized spacial score (nSPS) is 10.0. The average Bonchev–Trinajstić information content (AvgIpc) is 2.63. The number of methoxy groups -OCH3 is 1. The minimum absolute atomic E-state index is 0.106. The number of amides is 1. The highest BCUT2D eigenvalue weighted by atomic mass is 16.5. The summed E-state index contributed by atoms with van der Waals surface area (Å²) in [5.74, 6) is 1.04. The number of nitrogens with zero attached hydrogens (tertiary/aromatic N) is 2. The van der Waals surface area contributed by atoms with Crippen LogP contribution in [0.3, 0.4) is 0 Å². The van der Waals surface area contributed by atoms with Gasteiger partial charge in [-0.1, -0.05) is 12.1 Å². The van der Waals surface area contributed by atoms with E-state index in [9.17, 15) is 4.79 Å². The second-order valence-electron chi connectivity index (χ2n) is 5.69. The maximum absolute atomic E-state index is 12.6. The number of hydrogen-bond acceptors (Lipinski definition) is 4. The molecule has 0 spiro atoms. The zero-order chi connectivity index (χ0) is 18.2. The second kappa shape index (κ2) is 8.74. The Labute approximate surface area is 148 Å².